The summed E-state index contributed by atoms with van der Waals surface area (Å²) >= 11 is 0. The van der Waals surface area contributed by atoms with Crippen LogP contribution in [-0.2, 0) is 0 Å². The van der Waals surface area contributed by atoms with E-state index in [1.54, 1.807) is 0 Å². The normalized spacial score (nSPS) is 14.7. The molecule has 1 aromatic rings. The molecule has 0 saturated heterocycles. The summed E-state index contributed by atoms with van der Waals surface area (Å²) in [5.74, 6) is -0.562. The van der Waals surface area contributed by atoms with Crippen LogP contribution in [-0.4, -0.2) is 24.5 Å². The zero-order valence-electron chi connectivity index (χ0n) is 12.0. The number of rotatable bonds is 7. The molecule has 19 heavy (non-hydrogen) atoms. The predicted octanol–water partition coefficient (Wildman–Crippen LogP) is 3.33. The summed E-state index contributed by atoms with van der Waals surface area (Å²) in [6.45, 7) is 8.39. The second-order valence-corrected chi connectivity index (χ2v) is 5.06. The molecule has 4 heteroatoms. The van der Waals surface area contributed by atoms with Crippen LogP contribution >= 0.6 is 0 Å². The van der Waals surface area contributed by atoms with E-state index in [4.69, 9.17) is 5.73 Å². The van der Waals surface area contributed by atoms with Crippen LogP contribution in [0.1, 0.15) is 38.8 Å². The maximum Gasteiger partial charge on any atom is 0.126 e. The van der Waals surface area contributed by atoms with E-state index in [9.17, 15) is 8.78 Å². The number of nitrogens with two attached hydrogens (primary N) is 1. The van der Waals surface area contributed by atoms with Crippen molar-refractivity contribution < 1.29 is 8.78 Å². The molecule has 0 heterocycles. The van der Waals surface area contributed by atoms with Gasteiger partial charge in [-0.15, -0.1) is 0 Å². The van der Waals surface area contributed by atoms with Crippen LogP contribution in [0.25, 0.3) is 0 Å². The second kappa shape index (κ2) is 7.56. The molecule has 2 nitrogen and oxygen atoms in total. The molecule has 0 aromatic heterocycles. The summed E-state index contributed by atoms with van der Waals surface area (Å²) in [5.41, 5.74) is 6.43. The van der Waals surface area contributed by atoms with Gasteiger partial charge in [-0.1, -0.05) is 27.2 Å². The number of nitrogens with zero attached hydrogens (tertiary/aromatic N) is 1. The van der Waals surface area contributed by atoms with Gasteiger partial charge in [0.05, 0.1) is 0 Å². The third-order valence-corrected chi connectivity index (χ3v) is 3.58. The van der Waals surface area contributed by atoms with Crippen LogP contribution in [0.5, 0.6) is 0 Å². The van der Waals surface area contributed by atoms with Crippen LogP contribution in [0.3, 0.4) is 0 Å². The first-order valence-electron chi connectivity index (χ1n) is 6.91. The Balaban J connectivity index is 2.96. The zero-order valence-corrected chi connectivity index (χ0v) is 12.0. The first-order chi connectivity index (χ1) is 9.01. The first-order valence-corrected chi connectivity index (χ1v) is 6.91. The molecular formula is C15H24F2N2. The van der Waals surface area contributed by atoms with Crippen LogP contribution in [0.4, 0.5) is 8.78 Å². The van der Waals surface area contributed by atoms with Crippen LogP contribution < -0.4 is 5.73 Å². The molecule has 108 valence electrons. The van der Waals surface area contributed by atoms with Crippen LogP contribution in [0, 0.1) is 17.6 Å². The third kappa shape index (κ3) is 4.55. The van der Waals surface area contributed by atoms with Gasteiger partial charge in [-0.3, -0.25) is 4.90 Å². The van der Waals surface area contributed by atoms with Crippen molar-refractivity contribution in [3.63, 3.8) is 0 Å². The standard InChI is InChI=1S/C15H24F2N2/c1-4-11(3)10-19(5-2)15(9-18)12-6-13(16)8-14(17)7-12/h6-8,11,15H,4-5,9-10,18H2,1-3H3. The number of likely N-dealkylation sites (N-methyl/N-ethyl adjacent to an activating group) is 1. The third-order valence-electron chi connectivity index (χ3n) is 3.58. The van der Waals surface area contributed by atoms with E-state index in [1.807, 2.05) is 6.92 Å². The highest BCUT2D eigenvalue weighted by atomic mass is 19.1. The van der Waals surface area contributed by atoms with Crippen molar-refractivity contribution in [2.24, 2.45) is 11.7 Å². The zero-order chi connectivity index (χ0) is 14.4. The van der Waals surface area contributed by atoms with Gasteiger partial charge in [-0.2, -0.15) is 0 Å². The van der Waals surface area contributed by atoms with Gasteiger partial charge in [0.1, 0.15) is 11.6 Å². The Morgan fingerprint density at radius 2 is 1.74 bits per heavy atom. The SMILES string of the molecule is CCC(C)CN(CC)C(CN)c1cc(F)cc(F)c1. The molecule has 0 bridgehead atoms. The average Bonchev–Trinajstić information content (AvgIpc) is 2.37. The van der Waals surface area contributed by atoms with E-state index in [2.05, 4.69) is 18.7 Å². The summed E-state index contributed by atoms with van der Waals surface area (Å²) in [6, 6.07) is 3.51. The lowest BCUT2D eigenvalue weighted by Gasteiger charge is -2.32. The molecule has 0 radical (unpaired) electrons. The van der Waals surface area contributed by atoms with Crippen molar-refractivity contribution >= 4 is 0 Å². The Morgan fingerprint density at radius 1 is 1.16 bits per heavy atom. The molecule has 0 amide bonds. The Hall–Kier alpha value is -1.00. The Bertz CT molecular complexity index is 375. The maximum absolute atomic E-state index is 13.3. The van der Waals surface area contributed by atoms with Gasteiger partial charge in [0.2, 0.25) is 0 Å². The minimum Gasteiger partial charge on any atom is -0.329 e. The molecule has 0 aliphatic carbocycles. The lowest BCUT2D eigenvalue weighted by atomic mass is 10.0. The molecule has 1 rings (SSSR count). The fraction of sp³-hybridized carbons (Fsp3) is 0.600. The lowest BCUT2D eigenvalue weighted by molar-refractivity contribution is 0.182. The van der Waals surface area contributed by atoms with Crippen LogP contribution in [0.15, 0.2) is 18.2 Å². The summed E-state index contributed by atoms with van der Waals surface area (Å²) in [6.07, 6.45) is 1.07. The van der Waals surface area contributed by atoms with Gasteiger partial charge in [0.15, 0.2) is 0 Å². The summed E-state index contributed by atoms with van der Waals surface area (Å²) in [4.78, 5) is 2.18. The predicted molar refractivity (Wildman–Crippen MR) is 74.9 cm³/mol. The molecule has 2 N–H and O–H groups in total. The van der Waals surface area contributed by atoms with E-state index in [1.165, 1.54) is 12.1 Å². The van der Waals surface area contributed by atoms with E-state index in [0.29, 0.717) is 18.0 Å². The van der Waals surface area contributed by atoms with Crippen molar-refractivity contribution in [1.29, 1.82) is 0 Å². The highest BCUT2D eigenvalue weighted by molar-refractivity contribution is 5.22. The number of hydrogen-bond donors (Lipinski definition) is 1. The smallest absolute Gasteiger partial charge is 0.126 e. The molecule has 0 spiro atoms. The molecule has 1 aromatic carbocycles. The second-order valence-electron chi connectivity index (χ2n) is 5.06. The van der Waals surface area contributed by atoms with Crippen molar-refractivity contribution in [3.05, 3.63) is 35.4 Å². The quantitative estimate of drug-likeness (QED) is 0.823. The van der Waals surface area contributed by atoms with E-state index < -0.39 is 11.6 Å². The van der Waals surface area contributed by atoms with Crippen molar-refractivity contribution in [3.8, 4) is 0 Å². The number of benzene rings is 1. The largest absolute Gasteiger partial charge is 0.329 e. The summed E-state index contributed by atoms with van der Waals surface area (Å²) in [7, 11) is 0. The van der Waals surface area contributed by atoms with Crippen molar-refractivity contribution in [1.82, 2.24) is 4.90 Å². The number of halogens is 2. The lowest BCUT2D eigenvalue weighted by Crippen LogP contribution is -2.36. The van der Waals surface area contributed by atoms with E-state index in [0.717, 1.165) is 25.6 Å². The first kappa shape index (κ1) is 16.1. The molecule has 2 unspecified atom stereocenters. The molecule has 0 aliphatic heterocycles. The fourth-order valence-electron chi connectivity index (χ4n) is 2.27. The molecular weight excluding hydrogens is 246 g/mol. The Morgan fingerprint density at radius 3 is 2.16 bits per heavy atom. The van der Waals surface area contributed by atoms with Gasteiger partial charge in [-0.05, 0) is 30.2 Å². The van der Waals surface area contributed by atoms with Gasteiger partial charge < -0.3 is 5.73 Å². The topological polar surface area (TPSA) is 29.3 Å². The Kier molecular flexibility index (Phi) is 6.38. The average molecular weight is 270 g/mol. The molecule has 2 atom stereocenters. The summed E-state index contributed by atoms with van der Waals surface area (Å²) < 4.78 is 26.6. The monoisotopic (exact) mass is 270 g/mol. The van der Waals surface area contributed by atoms with Gasteiger partial charge in [0.25, 0.3) is 0 Å². The summed E-state index contributed by atoms with van der Waals surface area (Å²) in [5, 5.41) is 0. The van der Waals surface area contributed by atoms with Crippen molar-refractivity contribution in [2.75, 3.05) is 19.6 Å². The van der Waals surface area contributed by atoms with Crippen LogP contribution in [0.2, 0.25) is 0 Å². The molecule has 0 saturated carbocycles. The highest BCUT2D eigenvalue weighted by Crippen LogP contribution is 2.23. The van der Waals surface area contributed by atoms with E-state index in [-0.39, 0.29) is 6.04 Å². The Labute approximate surface area is 114 Å². The van der Waals surface area contributed by atoms with E-state index >= 15 is 0 Å². The van der Waals surface area contributed by atoms with Crippen molar-refractivity contribution in [2.45, 2.75) is 33.2 Å². The molecule has 0 fully saturated rings. The highest BCUT2D eigenvalue weighted by Gasteiger charge is 2.20. The van der Waals surface area contributed by atoms with Gasteiger partial charge in [0, 0.05) is 25.2 Å². The maximum atomic E-state index is 13.3. The molecule has 0 aliphatic rings. The fourth-order valence-corrected chi connectivity index (χ4v) is 2.27. The minimum absolute atomic E-state index is 0.135. The van der Waals surface area contributed by atoms with Gasteiger partial charge in [-0.25, -0.2) is 8.78 Å². The number of hydrogen-bond acceptors (Lipinski definition) is 2. The minimum atomic E-state index is -0.548. The van der Waals surface area contributed by atoms with Gasteiger partial charge >= 0.3 is 0 Å².